The van der Waals surface area contributed by atoms with Gasteiger partial charge in [-0.25, -0.2) is 0 Å². The molecule has 0 radical (unpaired) electrons. The smallest absolute Gasteiger partial charge is 0.251 e. The normalized spacial score (nSPS) is 25.5. The van der Waals surface area contributed by atoms with Gasteiger partial charge in [0.25, 0.3) is 5.91 Å². The molecule has 126 valence electrons. The Bertz CT molecular complexity index is 585. The molecule has 2 fully saturated rings. The van der Waals surface area contributed by atoms with Crippen LogP contribution < -0.4 is 5.32 Å². The Morgan fingerprint density at radius 3 is 2.57 bits per heavy atom. The van der Waals surface area contributed by atoms with Gasteiger partial charge in [-0.1, -0.05) is 36.0 Å². The quantitative estimate of drug-likeness (QED) is 0.870. The molecule has 1 aromatic rings. The van der Waals surface area contributed by atoms with Gasteiger partial charge in [-0.3, -0.25) is 9.69 Å². The number of carbonyl (C=O) groups is 1. The highest BCUT2D eigenvalue weighted by atomic mass is 35.5. The molecule has 2 atom stereocenters. The van der Waals surface area contributed by atoms with Gasteiger partial charge in [0, 0.05) is 17.6 Å². The minimum atomic E-state index is -0.0304. The molecule has 0 bridgehead atoms. The van der Waals surface area contributed by atoms with E-state index in [4.69, 9.17) is 23.2 Å². The van der Waals surface area contributed by atoms with Crippen molar-refractivity contribution in [1.29, 1.82) is 0 Å². The van der Waals surface area contributed by atoms with Crippen molar-refractivity contribution < 1.29 is 4.79 Å². The summed E-state index contributed by atoms with van der Waals surface area (Å²) >= 11 is 12.2. The van der Waals surface area contributed by atoms with Crippen molar-refractivity contribution in [3.63, 3.8) is 0 Å². The Hall–Kier alpha value is -0.770. The topological polar surface area (TPSA) is 32.3 Å². The Morgan fingerprint density at radius 2 is 1.83 bits per heavy atom. The number of benzene rings is 1. The first-order valence-corrected chi connectivity index (χ1v) is 9.33. The number of nitrogens with one attached hydrogen (secondary N) is 1. The minimum Gasteiger partial charge on any atom is -0.348 e. The molecule has 0 spiro atoms. The van der Waals surface area contributed by atoms with E-state index >= 15 is 0 Å². The zero-order chi connectivity index (χ0) is 16.4. The van der Waals surface area contributed by atoms with E-state index in [9.17, 15) is 4.79 Å². The summed E-state index contributed by atoms with van der Waals surface area (Å²) in [7, 11) is 0. The molecule has 1 saturated carbocycles. The maximum atomic E-state index is 12.7. The Kier molecular flexibility index (Phi) is 5.50. The van der Waals surface area contributed by atoms with Gasteiger partial charge in [0.05, 0.1) is 10.0 Å². The first-order chi connectivity index (χ1) is 11.1. The third kappa shape index (κ3) is 3.67. The van der Waals surface area contributed by atoms with E-state index in [1.165, 1.54) is 45.2 Å². The number of halogens is 2. The minimum absolute atomic E-state index is 0.0304. The van der Waals surface area contributed by atoms with Gasteiger partial charge < -0.3 is 5.32 Å². The largest absolute Gasteiger partial charge is 0.348 e. The van der Waals surface area contributed by atoms with Crippen LogP contribution in [-0.2, 0) is 0 Å². The average Bonchev–Trinajstić information content (AvgIpc) is 3.07. The molecule has 3 rings (SSSR count). The number of hydrogen-bond donors (Lipinski definition) is 1. The highest BCUT2D eigenvalue weighted by Gasteiger charge is 2.32. The molecular weight excluding hydrogens is 331 g/mol. The molecule has 1 aliphatic carbocycles. The zero-order valence-corrected chi connectivity index (χ0v) is 15.1. The van der Waals surface area contributed by atoms with E-state index in [2.05, 4.69) is 10.2 Å². The Morgan fingerprint density at radius 1 is 1.13 bits per heavy atom. The summed E-state index contributed by atoms with van der Waals surface area (Å²) in [6, 6.07) is 4.19. The molecule has 1 heterocycles. The molecular formula is C18H24Cl2N2O. The molecule has 1 saturated heterocycles. The summed E-state index contributed by atoms with van der Waals surface area (Å²) in [5.74, 6) is -0.0304. The fourth-order valence-corrected chi connectivity index (χ4v) is 4.30. The van der Waals surface area contributed by atoms with Gasteiger partial charge >= 0.3 is 0 Å². The van der Waals surface area contributed by atoms with Crippen LogP contribution in [0.1, 0.15) is 54.4 Å². The predicted octanol–water partition coefficient (Wildman–Crippen LogP) is 4.44. The second kappa shape index (κ2) is 7.42. The SMILES string of the molecule is Cc1c(C(=O)N[C@@H]2CCCC[C@@H]2N2CCCC2)ccc(Cl)c1Cl. The van der Waals surface area contributed by atoms with Crippen LogP contribution >= 0.6 is 23.2 Å². The van der Waals surface area contributed by atoms with E-state index in [0.29, 0.717) is 21.7 Å². The molecule has 5 heteroatoms. The summed E-state index contributed by atoms with van der Waals surface area (Å²) in [4.78, 5) is 15.3. The van der Waals surface area contributed by atoms with Gasteiger partial charge in [0.15, 0.2) is 0 Å². The Balaban J connectivity index is 1.74. The molecule has 1 aromatic carbocycles. The van der Waals surface area contributed by atoms with Crippen LogP contribution in [0.25, 0.3) is 0 Å². The summed E-state index contributed by atoms with van der Waals surface area (Å²) in [5.41, 5.74) is 1.38. The van der Waals surface area contributed by atoms with Crippen LogP contribution in [0.2, 0.25) is 10.0 Å². The molecule has 0 unspecified atom stereocenters. The van der Waals surface area contributed by atoms with E-state index < -0.39 is 0 Å². The van der Waals surface area contributed by atoms with Gasteiger partial charge in [0.1, 0.15) is 0 Å². The summed E-state index contributed by atoms with van der Waals surface area (Å²) < 4.78 is 0. The van der Waals surface area contributed by atoms with Crippen molar-refractivity contribution in [2.45, 2.75) is 57.5 Å². The number of nitrogens with zero attached hydrogens (tertiary/aromatic N) is 1. The molecule has 1 aliphatic heterocycles. The first-order valence-electron chi connectivity index (χ1n) is 8.57. The van der Waals surface area contributed by atoms with Gasteiger partial charge in [-0.2, -0.15) is 0 Å². The number of carbonyl (C=O) groups excluding carboxylic acids is 1. The third-order valence-electron chi connectivity index (χ3n) is 5.24. The van der Waals surface area contributed by atoms with Crippen LogP contribution in [0.4, 0.5) is 0 Å². The zero-order valence-electron chi connectivity index (χ0n) is 13.6. The van der Waals surface area contributed by atoms with Crippen LogP contribution in [0.3, 0.4) is 0 Å². The molecule has 23 heavy (non-hydrogen) atoms. The monoisotopic (exact) mass is 354 g/mol. The van der Waals surface area contributed by atoms with Crippen molar-refractivity contribution in [3.05, 3.63) is 33.3 Å². The van der Waals surface area contributed by atoms with Crippen molar-refractivity contribution in [2.24, 2.45) is 0 Å². The number of likely N-dealkylation sites (tertiary alicyclic amines) is 1. The van der Waals surface area contributed by atoms with E-state index in [-0.39, 0.29) is 11.9 Å². The highest BCUT2D eigenvalue weighted by molar-refractivity contribution is 6.42. The van der Waals surface area contributed by atoms with Gasteiger partial charge in [-0.05, 0) is 63.4 Å². The van der Waals surface area contributed by atoms with Crippen molar-refractivity contribution in [1.82, 2.24) is 10.2 Å². The van der Waals surface area contributed by atoms with E-state index in [0.717, 1.165) is 12.0 Å². The number of amides is 1. The lowest BCUT2D eigenvalue weighted by Crippen LogP contribution is -2.52. The summed E-state index contributed by atoms with van der Waals surface area (Å²) in [5, 5.41) is 4.23. The molecule has 2 aliphatic rings. The fraction of sp³-hybridized carbons (Fsp3) is 0.611. The lowest BCUT2D eigenvalue weighted by atomic mass is 9.89. The maximum Gasteiger partial charge on any atom is 0.251 e. The van der Waals surface area contributed by atoms with Crippen molar-refractivity contribution in [3.8, 4) is 0 Å². The van der Waals surface area contributed by atoms with Crippen LogP contribution in [0, 0.1) is 6.92 Å². The van der Waals surface area contributed by atoms with Gasteiger partial charge in [-0.15, -0.1) is 0 Å². The number of hydrogen-bond acceptors (Lipinski definition) is 2. The summed E-state index contributed by atoms with van der Waals surface area (Å²) in [6.45, 7) is 4.19. The van der Waals surface area contributed by atoms with Crippen LogP contribution in [0.5, 0.6) is 0 Å². The first kappa shape index (κ1) is 17.1. The fourth-order valence-electron chi connectivity index (χ4n) is 3.93. The molecule has 3 nitrogen and oxygen atoms in total. The summed E-state index contributed by atoms with van der Waals surface area (Å²) in [6.07, 6.45) is 7.26. The van der Waals surface area contributed by atoms with Crippen molar-refractivity contribution in [2.75, 3.05) is 13.1 Å². The second-order valence-electron chi connectivity index (χ2n) is 6.71. The van der Waals surface area contributed by atoms with Crippen LogP contribution in [0.15, 0.2) is 12.1 Å². The van der Waals surface area contributed by atoms with Gasteiger partial charge in [0.2, 0.25) is 0 Å². The molecule has 0 aromatic heterocycles. The lowest BCUT2D eigenvalue weighted by molar-refractivity contribution is 0.0862. The third-order valence-corrected chi connectivity index (χ3v) is 6.14. The van der Waals surface area contributed by atoms with Crippen molar-refractivity contribution >= 4 is 29.1 Å². The van der Waals surface area contributed by atoms with E-state index in [1.807, 2.05) is 6.92 Å². The predicted molar refractivity (Wildman–Crippen MR) is 95.5 cm³/mol. The standard InChI is InChI=1S/C18H24Cl2N2O/c1-12-13(8-9-14(19)17(12)20)18(23)21-15-6-2-3-7-16(15)22-10-4-5-11-22/h8-9,15-16H,2-7,10-11H2,1H3,(H,21,23)/t15-,16+/m1/s1. The van der Waals surface area contributed by atoms with E-state index in [1.54, 1.807) is 12.1 Å². The highest BCUT2D eigenvalue weighted by Crippen LogP contribution is 2.29. The lowest BCUT2D eigenvalue weighted by Gasteiger charge is -2.38. The number of rotatable bonds is 3. The second-order valence-corrected chi connectivity index (χ2v) is 7.49. The average molecular weight is 355 g/mol. The van der Waals surface area contributed by atoms with Crippen LogP contribution in [-0.4, -0.2) is 36.0 Å². The Labute approximate surface area is 148 Å². The molecule has 1 amide bonds. The maximum absolute atomic E-state index is 12.7. The molecule has 1 N–H and O–H groups in total.